The maximum Gasteiger partial charge on any atom is 0.159 e. The summed E-state index contributed by atoms with van der Waals surface area (Å²) in [5.74, 6) is 1.55. The zero-order valence-corrected chi connectivity index (χ0v) is 16.2. The average Bonchev–Trinajstić information content (AvgIpc) is 3.20. The molecule has 1 saturated heterocycles. The number of rotatable bonds is 5. The van der Waals surface area contributed by atoms with Gasteiger partial charge < -0.3 is 9.47 Å². The molecule has 0 aliphatic carbocycles. The summed E-state index contributed by atoms with van der Waals surface area (Å²) in [4.78, 5) is 2.23. The second kappa shape index (κ2) is 6.94. The highest BCUT2D eigenvalue weighted by atomic mass is 19.1. The molecule has 2 aromatic heterocycles. The lowest BCUT2D eigenvalue weighted by Gasteiger charge is -2.22. The molecule has 0 N–H and O–H groups in total. The molecule has 0 bridgehead atoms. The number of hydrogen-bond acceptors (Lipinski definition) is 2. The summed E-state index contributed by atoms with van der Waals surface area (Å²) in [7, 11) is 0. The van der Waals surface area contributed by atoms with Crippen molar-refractivity contribution in [2.24, 2.45) is 5.92 Å². The molecule has 0 saturated carbocycles. The Hall–Kier alpha value is -1.62. The molecule has 4 nitrogen and oxygen atoms in total. The molecule has 0 amide bonds. The monoisotopic (exact) mass is 346 g/mol. The van der Waals surface area contributed by atoms with Gasteiger partial charge in [-0.3, -0.25) is 4.68 Å². The quantitative estimate of drug-likeness (QED) is 0.821. The van der Waals surface area contributed by atoms with Crippen molar-refractivity contribution in [2.45, 2.75) is 53.0 Å². The van der Waals surface area contributed by atoms with E-state index in [-0.39, 0.29) is 12.1 Å². The summed E-state index contributed by atoms with van der Waals surface area (Å²) in [6.45, 7) is 14.2. The van der Waals surface area contributed by atoms with Gasteiger partial charge in [-0.05, 0) is 44.9 Å². The normalized spacial score (nSPS) is 19.0. The highest BCUT2D eigenvalue weighted by Gasteiger charge is 2.27. The van der Waals surface area contributed by atoms with Crippen LogP contribution in [0, 0.1) is 19.8 Å². The lowest BCUT2D eigenvalue weighted by atomic mass is 9.92. The van der Waals surface area contributed by atoms with E-state index in [2.05, 4.69) is 67.0 Å². The minimum Gasteiger partial charge on any atom is -0.302 e. The fourth-order valence-corrected chi connectivity index (χ4v) is 3.91. The highest BCUT2D eigenvalue weighted by molar-refractivity contribution is 5.34. The van der Waals surface area contributed by atoms with E-state index in [1.807, 2.05) is 0 Å². The standard InChI is InChI=1S/C20H31FN4/c1-15-6-7-16(2)25(15)19-12-18(20(3,4)5)24(22-19)14-17-8-10-23(13-17)11-9-21/h6-7,12,17H,8-11,13-14H2,1-5H3/t17-/m0/s1. The molecule has 0 aromatic carbocycles. The Morgan fingerprint density at radius 3 is 2.48 bits per heavy atom. The van der Waals surface area contributed by atoms with E-state index < -0.39 is 0 Å². The van der Waals surface area contributed by atoms with Crippen molar-refractivity contribution in [3.05, 3.63) is 35.3 Å². The molecule has 0 radical (unpaired) electrons. The molecule has 1 atom stereocenters. The predicted molar refractivity (Wildman–Crippen MR) is 100 cm³/mol. The fraction of sp³-hybridized carbons (Fsp3) is 0.650. The molecule has 3 heterocycles. The third-order valence-corrected chi connectivity index (χ3v) is 5.24. The first-order valence-corrected chi connectivity index (χ1v) is 9.31. The van der Waals surface area contributed by atoms with Gasteiger partial charge in [0.05, 0.1) is 0 Å². The number of aromatic nitrogens is 3. The Morgan fingerprint density at radius 1 is 1.20 bits per heavy atom. The van der Waals surface area contributed by atoms with Crippen molar-refractivity contribution in [3.63, 3.8) is 0 Å². The number of hydrogen-bond donors (Lipinski definition) is 0. The van der Waals surface area contributed by atoms with E-state index in [4.69, 9.17) is 5.10 Å². The van der Waals surface area contributed by atoms with E-state index in [1.54, 1.807) is 0 Å². The van der Waals surface area contributed by atoms with Crippen molar-refractivity contribution in [1.82, 2.24) is 19.2 Å². The second-order valence-electron chi connectivity index (χ2n) is 8.42. The van der Waals surface area contributed by atoms with Gasteiger partial charge in [0.25, 0.3) is 0 Å². The maximum atomic E-state index is 12.6. The van der Waals surface area contributed by atoms with E-state index in [0.717, 1.165) is 31.9 Å². The number of alkyl halides is 1. The van der Waals surface area contributed by atoms with E-state index in [1.165, 1.54) is 17.1 Å². The van der Waals surface area contributed by atoms with Gasteiger partial charge in [-0.1, -0.05) is 20.8 Å². The Balaban J connectivity index is 1.88. The van der Waals surface area contributed by atoms with Gasteiger partial charge in [-0.25, -0.2) is 4.39 Å². The largest absolute Gasteiger partial charge is 0.302 e. The van der Waals surface area contributed by atoms with Crippen molar-refractivity contribution in [3.8, 4) is 5.82 Å². The van der Waals surface area contributed by atoms with Crippen molar-refractivity contribution in [1.29, 1.82) is 0 Å². The smallest absolute Gasteiger partial charge is 0.159 e. The van der Waals surface area contributed by atoms with E-state index >= 15 is 0 Å². The van der Waals surface area contributed by atoms with Crippen LogP contribution in [0.3, 0.4) is 0 Å². The summed E-state index contributed by atoms with van der Waals surface area (Å²) >= 11 is 0. The van der Waals surface area contributed by atoms with Crippen LogP contribution in [0.25, 0.3) is 5.82 Å². The molecule has 0 spiro atoms. The lowest BCUT2D eigenvalue weighted by Crippen LogP contribution is -2.26. The van der Waals surface area contributed by atoms with E-state index in [0.29, 0.717) is 12.5 Å². The summed E-state index contributed by atoms with van der Waals surface area (Å²) in [6, 6.07) is 6.50. The third kappa shape index (κ3) is 3.81. The second-order valence-corrected chi connectivity index (χ2v) is 8.42. The van der Waals surface area contributed by atoms with Crippen LogP contribution in [-0.4, -0.2) is 45.6 Å². The van der Waals surface area contributed by atoms with Gasteiger partial charge in [0, 0.05) is 48.2 Å². The van der Waals surface area contributed by atoms with Crippen LogP contribution in [0.5, 0.6) is 0 Å². The van der Waals surface area contributed by atoms with Crippen molar-refractivity contribution < 1.29 is 4.39 Å². The molecular formula is C20H31FN4. The number of halogens is 1. The maximum absolute atomic E-state index is 12.6. The van der Waals surface area contributed by atoms with Crippen LogP contribution >= 0.6 is 0 Å². The van der Waals surface area contributed by atoms with Crippen LogP contribution in [-0.2, 0) is 12.0 Å². The van der Waals surface area contributed by atoms with Crippen LogP contribution in [0.4, 0.5) is 4.39 Å². The Kier molecular flexibility index (Phi) is 5.05. The van der Waals surface area contributed by atoms with Gasteiger partial charge in [0.1, 0.15) is 6.67 Å². The number of aryl methyl sites for hydroxylation is 2. The van der Waals surface area contributed by atoms with Crippen molar-refractivity contribution >= 4 is 0 Å². The first kappa shape index (κ1) is 18.2. The lowest BCUT2D eigenvalue weighted by molar-refractivity contribution is 0.280. The van der Waals surface area contributed by atoms with Crippen LogP contribution < -0.4 is 0 Å². The minimum atomic E-state index is -0.252. The van der Waals surface area contributed by atoms with Gasteiger partial charge in [-0.15, -0.1) is 0 Å². The van der Waals surface area contributed by atoms with Crippen LogP contribution in [0.2, 0.25) is 0 Å². The van der Waals surface area contributed by atoms with Crippen LogP contribution in [0.15, 0.2) is 18.2 Å². The van der Waals surface area contributed by atoms with Gasteiger partial charge in [0.15, 0.2) is 5.82 Å². The highest BCUT2D eigenvalue weighted by Crippen LogP contribution is 2.28. The SMILES string of the molecule is Cc1ccc(C)n1-c1cc(C(C)(C)C)n(C[C@H]2CCN(CCF)C2)n1. The predicted octanol–water partition coefficient (Wildman–Crippen LogP) is 3.88. The minimum absolute atomic E-state index is 0.0391. The Morgan fingerprint density at radius 2 is 1.88 bits per heavy atom. The molecule has 138 valence electrons. The zero-order chi connectivity index (χ0) is 18.2. The summed E-state index contributed by atoms with van der Waals surface area (Å²) in [5, 5.41) is 4.96. The number of likely N-dealkylation sites (tertiary alicyclic amines) is 1. The molecule has 0 unspecified atom stereocenters. The summed E-state index contributed by atoms with van der Waals surface area (Å²) in [6.07, 6.45) is 1.13. The molecule has 1 fully saturated rings. The molecule has 25 heavy (non-hydrogen) atoms. The summed E-state index contributed by atoms with van der Waals surface area (Å²) in [5.41, 5.74) is 3.71. The fourth-order valence-electron chi connectivity index (χ4n) is 3.91. The Labute approximate surface area is 150 Å². The first-order chi connectivity index (χ1) is 11.8. The molecule has 2 aromatic rings. The van der Waals surface area contributed by atoms with Gasteiger partial charge in [0.2, 0.25) is 0 Å². The molecule has 1 aliphatic heterocycles. The first-order valence-electron chi connectivity index (χ1n) is 9.31. The molecule has 1 aliphatic rings. The van der Waals surface area contributed by atoms with Gasteiger partial charge in [-0.2, -0.15) is 5.10 Å². The zero-order valence-electron chi connectivity index (χ0n) is 16.2. The topological polar surface area (TPSA) is 26.0 Å². The number of nitrogens with zero attached hydrogens (tertiary/aromatic N) is 4. The van der Waals surface area contributed by atoms with Gasteiger partial charge >= 0.3 is 0 Å². The molecule has 5 heteroatoms. The molecular weight excluding hydrogens is 315 g/mol. The average molecular weight is 346 g/mol. The summed E-state index contributed by atoms with van der Waals surface area (Å²) < 4.78 is 17.0. The van der Waals surface area contributed by atoms with Crippen LogP contribution in [0.1, 0.15) is 44.3 Å². The molecule has 3 rings (SSSR count). The Bertz CT molecular complexity index is 703. The third-order valence-electron chi connectivity index (χ3n) is 5.24. The van der Waals surface area contributed by atoms with E-state index in [9.17, 15) is 4.39 Å². The van der Waals surface area contributed by atoms with Crippen molar-refractivity contribution in [2.75, 3.05) is 26.3 Å².